The highest BCUT2D eigenvalue weighted by atomic mass is 32.2. The van der Waals surface area contributed by atoms with Gasteiger partial charge in [0.15, 0.2) is 5.16 Å². The van der Waals surface area contributed by atoms with Crippen LogP contribution in [0.25, 0.3) is 0 Å². The molecule has 7 nitrogen and oxygen atoms in total. The molecule has 2 aromatic rings. The molecule has 1 aromatic heterocycles. The highest BCUT2D eigenvalue weighted by molar-refractivity contribution is 8.01. The minimum Gasteiger partial charge on any atom is -0.356 e. The van der Waals surface area contributed by atoms with E-state index in [0.29, 0.717) is 12.6 Å². The highest BCUT2D eigenvalue weighted by Gasteiger charge is 2.28. The first kappa shape index (κ1) is 21.2. The second-order valence-corrected chi connectivity index (χ2v) is 9.68. The fourth-order valence-corrected chi connectivity index (χ4v) is 5.77. The van der Waals surface area contributed by atoms with Crippen LogP contribution in [0.5, 0.6) is 0 Å². The van der Waals surface area contributed by atoms with Crippen LogP contribution in [0, 0.1) is 0 Å². The Kier molecular flexibility index (Phi) is 6.99. The lowest BCUT2D eigenvalue weighted by molar-refractivity contribution is -0.124. The van der Waals surface area contributed by atoms with Crippen LogP contribution in [0.3, 0.4) is 0 Å². The summed E-state index contributed by atoms with van der Waals surface area (Å²) in [5.41, 5.74) is 0.820. The average Bonchev–Trinajstić information content (AvgIpc) is 3.41. The molecular formula is C21H27N5O2S2. The van der Waals surface area contributed by atoms with E-state index in [0.717, 1.165) is 34.4 Å². The van der Waals surface area contributed by atoms with Crippen molar-refractivity contribution in [1.82, 2.24) is 20.1 Å². The number of para-hydroxylation sites is 1. The molecule has 1 unspecified atom stereocenters. The topological polar surface area (TPSA) is 88.9 Å². The van der Waals surface area contributed by atoms with Crippen LogP contribution >= 0.6 is 23.5 Å². The summed E-state index contributed by atoms with van der Waals surface area (Å²) in [6, 6.07) is 8.18. The Morgan fingerprint density at radius 1 is 1.30 bits per heavy atom. The number of thioether (sulfide) groups is 2. The Balaban J connectivity index is 1.25. The fourth-order valence-electron chi connectivity index (χ4n) is 4.09. The molecule has 1 aliphatic carbocycles. The Morgan fingerprint density at radius 3 is 2.90 bits per heavy atom. The van der Waals surface area contributed by atoms with Gasteiger partial charge in [-0.15, -0.1) is 22.0 Å². The molecule has 30 heavy (non-hydrogen) atoms. The van der Waals surface area contributed by atoms with E-state index in [2.05, 4.69) is 25.4 Å². The molecule has 1 saturated carbocycles. The number of nitrogens with zero attached hydrogens (tertiary/aromatic N) is 3. The summed E-state index contributed by atoms with van der Waals surface area (Å²) in [7, 11) is 0. The summed E-state index contributed by atoms with van der Waals surface area (Å²) < 4.78 is 2.31. The number of fused-ring (bicyclic) bond motifs is 1. The number of rotatable bonds is 8. The van der Waals surface area contributed by atoms with Gasteiger partial charge in [-0.25, -0.2) is 0 Å². The smallest absolute Gasteiger partial charge is 0.238 e. The van der Waals surface area contributed by atoms with Crippen molar-refractivity contribution in [2.75, 3.05) is 18.1 Å². The van der Waals surface area contributed by atoms with Crippen molar-refractivity contribution < 1.29 is 9.59 Å². The van der Waals surface area contributed by atoms with Gasteiger partial charge in [0.2, 0.25) is 11.8 Å². The molecule has 0 saturated heterocycles. The third-order valence-corrected chi connectivity index (χ3v) is 7.50. The molecule has 160 valence electrons. The van der Waals surface area contributed by atoms with Gasteiger partial charge < -0.3 is 15.2 Å². The first-order valence-electron chi connectivity index (χ1n) is 10.5. The second-order valence-electron chi connectivity index (χ2n) is 7.66. The van der Waals surface area contributed by atoms with Crippen LogP contribution in [0.2, 0.25) is 0 Å². The van der Waals surface area contributed by atoms with Crippen LogP contribution in [0.15, 0.2) is 34.3 Å². The predicted molar refractivity (Wildman–Crippen MR) is 120 cm³/mol. The first-order valence-corrected chi connectivity index (χ1v) is 12.6. The molecule has 2 heterocycles. The number of aryl methyl sites for hydroxylation is 1. The average molecular weight is 446 g/mol. The van der Waals surface area contributed by atoms with E-state index in [1.54, 1.807) is 11.8 Å². The second kappa shape index (κ2) is 9.87. The molecule has 0 spiro atoms. The lowest BCUT2D eigenvalue weighted by atomic mass is 10.2. The number of amides is 2. The molecule has 9 heteroatoms. The zero-order valence-electron chi connectivity index (χ0n) is 17.1. The fraction of sp³-hybridized carbons (Fsp3) is 0.524. The molecule has 1 aromatic carbocycles. The number of anilines is 1. The largest absolute Gasteiger partial charge is 0.356 e. The maximum atomic E-state index is 12.4. The van der Waals surface area contributed by atoms with E-state index in [9.17, 15) is 9.59 Å². The van der Waals surface area contributed by atoms with Gasteiger partial charge >= 0.3 is 0 Å². The zero-order valence-corrected chi connectivity index (χ0v) is 18.7. The molecule has 2 N–H and O–H groups in total. The first-order chi connectivity index (χ1) is 14.7. The zero-order chi connectivity index (χ0) is 20.9. The van der Waals surface area contributed by atoms with E-state index < -0.39 is 5.25 Å². The predicted octanol–water partition coefficient (Wildman–Crippen LogP) is 3.67. The van der Waals surface area contributed by atoms with Crippen molar-refractivity contribution in [2.45, 2.75) is 66.3 Å². The number of benzene rings is 1. The Hall–Kier alpha value is -2.00. The van der Waals surface area contributed by atoms with Crippen LogP contribution < -0.4 is 10.6 Å². The van der Waals surface area contributed by atoms with Crippen LogP contribution in [0.1, 0.15) is 50.4 Å². The number of carbonyl (C=O) groups is 2. The molecule has 1 aliphatic heterocycles. The van der Waals surface area contributed by atoms with Crippen LogP contribution in [0.4, 0.5) is 5.69 Å². The Bertz CT molecular complexity index is 911. The molecule has 4 rings (SSSR count). The summed E-state index contributed by atoms with van der Waals surface area (Å²) in [6.07, 6.45) is 8.73. The monoisotopic (exact) mass is 445 g/mol. The molecule has 2 amide bonds. The number of hydrogen-bond donors (Lipinski definition) is 2. The van der Waals surface area contributed by atoms with Gasteiger partial charge in [0.05, 0.1) is 10.9 Å². The maximum absolute atomic E-state index is 12.4. The Morgan fingerprint density at radius 2 is 2.10 bits per heavy atom. The van der Waals surface area contributed by atoms with Crippen molar-refractivity contribution in [3.8, 4) is 0 Å². The van der Waals surface area contributed by atoms with Crippen molar-refractivity contribution in [1.29, 1.82) is 0 Å². The summed E-state index contributed by atoms with van der Waals surface area (Å²) in [5.74, 6) is 0.812. The van der Waals surface area contributed by atoms with Crippen LogP contribution in [-0.4, -0.2) is 44.6 Å². The summed E-state index contributed by atoms with van der Waals surface area (Å²) >= 11 is 3.10. The van der Waals surface area contributed by atoms with Gasteiger partial charge in [0, 0.05) is 30.3 Å². The van der Waals surface area contributed by atoms with E-state index in [1.165, 1.54) is 37.4 Å². The number of nitrogens with one attached hydrogen (secondary N) is 2. The summed E-state index contributed by atoms with van der Waals surface area (Å²) in [4.78, 5) is 25.6. The molecule has 2 aliphatic rings. The van der Waals surface area contributed by atoms with Crippen molar-refractivity contribution >= 4 is 41.0 Å². The van der Waals surface area contributed by atoms with Gasteiger partial charge in [-0.1, -0.05) is 36.7 Å². The van der Waals surface area contributed by atoms with Gasteiger partial charge in [-0.05, 0) is 37.7 Å². The molecular weight excluding hydrogens is 418 g/mol. The number of aromatic nitrogens is 3. The minimum atomic E-state index is -0.394. The lowest BCUT2D eigenvalue weighted by Crippen LogP contribution is -2.35. The lowest BCUT2D eigenvalue weighted by Gasteiger charge is -2.23. The molecule has 1 fully saturated rings. The molecule has 0 bridgehead atoms. The molecule has 1 atom stereocenters. The maximum Gasteiger partial charge on any atom is 0.238 e. The summed E-state index contributed by atoms with van der Waals surface area (Å²) in [5, 5.41) is 15.2. The van der Waals surface area contributed by atoms with Gasteiger partial charge in [0.25, 0.3) is 0 Å². The summed E-state index contributed by atoms with van der Waals surface area (Å²) in [6.45, 7) is 0.570. The van der Waals surface area contributed by atoms with Crippen molar-refractivity contribution in [2.24, 2.45) is 0 Å². The number of hydrogen-bond acceptors (Lipinski definition) is 6. The normalized spacial score (nSPS) is 18.8. The van der Waals surface area contributed by atoms with Crippen LogP contribution in [-0.2, 0) is 16.0 Å². The van der Waals surface area contributed by atoms with E-state index in [-0.39, 0.29) is 18.2 Å². The quantitative estimate of drug-likeness (QED) is 0.476. The van der Waals surface area contributed by atoms with E-state index in [1.807, 2.05) is 30.5 Å². The van der Waals surface area contributed by atoms with Gasteiger partial charge in [-0.3, -0.25) is 9.59 Å². The standard InChI is InChI=1S/C21H27N5O2S2/c1-29-21-25-24-18(26(21)14-7-2-3-8-14)11-6-12-22-19(27)13-17-20(28)23-15-9-4-5-10-16(15)30-17/h4-5,9-10,14,17H,2-3,6-8,11-13H2,1H3,(H,22,27)(H,23,28). The van der Waals surface area contributed by atoms with E-state index in [4.69, 9.17) is 0 Å². The third kappa shape index (κ3) is 4.83. The Labute approximate surface area is 185 Å². The van der Waals surface area contributed by atoms with Crippen molar-refractivity contribution in [3.05, 3.63) is 30.1 Å². The highest BCUT2D eigenvalue weighted by Crippen LogP contribution is 2.36. The minimum absolute atomic E-state index is 0.0934. The van der Waals surface area contributed by atoms with Crippen molar-refractivity contribution in [3.63, 3.8) is 0 Å². The van der Waals surface area contributed by atoms with Gasteiger partial charge in [0.1, 0.15) is 5.82 Å². The van der Waals surface area contributed by atoms with Gasteiger partial charge in [-0.2, -0.15) is 0 Å². The number of carbonyl (C=O) groups excluding carboxylic acids is 2. The third-order valence-electron chi connectivity index (χ3n) is 5.58. The molecule has 0 radical (unpaired) electrons. The SMILES string of the molecule is CSc1nnc(CCCNC(=O)CC2Sc3ccccc3NC2=O)n1C1CCCC1. The van der Waals surface area contributed by atoms with E-state index >= 15 is 0 Å².